The third-order valence-electron chi connectivity index (χ3n) is 3.66. The second-order valence-corrected chi connectivity index (χ2v) is 5.18. The first-order valence-electron chi connectivity index (χ1n) is 7.13. The van der Waals surface area contributed by atoms with Crippen molar-refractivity contribution < 1.29 is 14.3 Å². The van der Waals surface area contributed by atoms with Crippen molar-refractivity contribution in [2.24, 2.45) is 0 Å². The van der Waals surface area contributed by atoms with Crippen LogP contribution in [0.15, 0.2) is 18.2 Å². The van der Waals surface area contributed by atoms with Crippen LogP contribution in [0.1, 0.15) is 36.5 Å². The quantitative estimate of drug-likeness (QED) is 0.888. The van der Waals surface area contributed by atoms with E-state index in [2.05, 4.69) is 12.2 Å². The Labute approximate surface area is 118 Å². The van der Waals surface area contributed by atoms with E-state index < -0.39 is 5.82 Å². The number of nitrogens with one attached hydrogen (secondary N) is 1. The lowest BCUT2D eigenvalue weighted by molar-refractivity contribution is 0.0702. The van der Waals surface area contributed by atoms with Gasteiger partial charge in [-0.25, -0.2) is 4.39 Å². The van der Waals surface area contributed by atoms with Crippen LogP contribution in [0.25, 0.3) is 0 Å². The zero-order chi connectivity index (χ0) is 14.5. The third kappa shape index (κ3) is 3.48. The summed E-state index contributed by atoms with van der Waals surface area (Å²) in [5, 5.41) is 13.1. The van der Waals surface area contributed by atoms with Crippen molar-refractivity contribution in [3.05, 3.63) is 29.6 Å². The van der Waals surface area contributed by atoms with Gasteiger partial charge in [0, 0.05) is 25.2 Å². The fraction of sp³-hybridized carbons (Fsp3) is 0.533. The highest BCUT2D eigenvalue weighted by Crippen LogP contribution is 2.22. The van der Waals surface area contributed by atoms with E-state index >= 15 is 0 Å². The number of likely N-dealkylation sites (tertiary alicyclic amines) is 1. The average Bonchev–Trinajstić information content (AvgIpc) is 2.45. The van der Waals surface area contributed by atoms with E-state index in [9.17, 15) is 14.3 Å². The van der Waals surface area contributed by atoms with Gasteiger partial charge in [0.15, 0.2) is 0 Å². The molecule has 5 heteroatoms. The summed E-state index contributed by atoms with van der Waals surface area (Å²) in [5.74, 6) is -1.06. The Balaban J connectivity index is 1.94. The molecule has 0 radical (unpaired) electrons. The molecule has 20 heavy (non-hydrogen) atoms. The van der Waals surface area contributed by atoms with Gasteiger partial charge in [-0.15, -0.1) is 0 Å². The monoisotopic (exact) mass is 280 g/mol. The summed E-state index contributed by atoms with van der Waals surface area (Å²) in [6, 6.07) is 3.97. The number of hydrogen-bond acceptors (Lipinski definition) is 3. The molecule has 1 aromatic carbocycles. The number of carbonyl (C=O) groups excluding carboxylic acids is 1. The normalized spacial score (nSPS) is 16.4. The number of phenolic OH excluding ortho intramolecular Hbond substituents is 1. The Morgan fingerprint density at radius 2 is 2.15 bits per heavy atom. The number of halogens is 1. The number of rotatable bonds is 4. The molecular formula is C15H21FN2O2. The lowest BCUT2D eigenvalue weighted by Crippen LogP contribution is -2.45. The predicted molar refractivity (Wildman–Crippen MR) is 75.3 cm³/mol. The van der Waals surface area contributed by atoms with Crippen LogP contribution < -0.4 is 5.32 Å². The zero-order valence-electron chi connectivity index (χ0n) is 11.7. The molecule has 0 aliphatic carbocycles. The summed E-state index contributed by atoms with van der Waals surface area (Å²) < 4.78 is 12.9. The largest absolute Gasteiger partial charge is 0.507 e. The topological polar surface area (TPSA) is 52.6 Å². The van der Waals surface area contributed by atoms with Gasteiger partial charge < -0.3 is 15.3 Å². The molecule has 0 bridgehead atoms. The summed E-state index contributed by atoms with van der Waals surface area (Å²) in [7, 11) is 0. The van der Waals surface area contributed by atoms with Crippen LogP contribution in [0.3, 0.4) is 0 Å². The van der Waals surface area contributed by atoms with Gasteiger partial charge in [-0.05, 0) is 37.9 Å². The maximum atomic E-state index is 12.9. The number of hydrogen-bond donors (Lipinski definition) is 2. The van der Waals surface area contributed by atoms with Crippen molar-refractivity contribution in [3.8, 4) is 5.75 Å². The molecule has 1 saturated heterocycles. The standard InChI is InChI=1S/C15H21FN2O2/c1-2-7-17-12-5-8-18(9-6-12)15(20)13-4-3-11(16)10-14(13)19/h3-4,10,12,17,19H,2,5-9H2,1H3. The van der Waals surface area contributed by atoms with Crippen LogP contribution in [0.4, 0.5) is 4.39 Å². The minimum absolute atomic E-state index is 0.173. The average molecular weight is 280 g/mol. The Bertz CT molecular complexity index is 471. The van der Waals surface area contributed by atoms with Crippen LogP contribution in [0.5, 0.6) is 5.75 Å². The molecule has 2 N–H and O–H groups in total. The first-order valence-corrected chi connectivity index (χ1v) is 7.13. The molecule has 1 heterocycles. The second kappa shape index (κ2) is 6.70. The molecule has 1 aromatic rings. The fourth-order valence-electron chi connectivity index (χ4n) is 2.49. The zero-order valence-corrected chi connectivity index (χ0v) is 11.7. The highest BCUT2D eigenvalue weighted by atomic mass is 19.1. The Kier molecular flexibility index (Phi) is 4.95. The Morgan fingerprint density at radius 3 is 2.75 bits per heavy atom. The molecular weight excluding hydrogens is 259 g/mol. The van der Waals surface area contributed by atoms with Crippen LogP contribution in [-0.2, 0) is 0 Å². The molecule has 2 rings (SSSR count). The lowest BCUT2D eigenvalue weighted by atomic mass is 10.0. The molecule has 4 nitrogen and oxygen atoms in total. The molecule has 110 valence electrons. The maximum absolute atomic E-state index is 12.9. The molecule has 0 saturated carbocycles. The summed E-state index contributed by atoms with van der Waals surface area (Å²) in [5.41, 5.74) is 0.173. The second-order valence-electron chi connectivity index (χ2n) is 5.18. The van der Waals surface area contributed by atoms with E-state index in [1.54, 1.807) is 4.90 Å². The molecule has 1 aliphatic heterocycles. The minimum Gasteiger partial charge on any atom is -0.507 e. The summed E-state index contributed by atoms with van der Waals surface area (Å²) >= 11 is 0. The van der Waals surface area contributed by atoms with Gasteiger partial charge >= 0.3 is 0 Å². The SMILES string of the molecule is CCCNC1CCN(C(=O)c2ccc(F)cc2O)CC1. The van der Waals surface area contributed by atoms with E-state index in [0.717, 1.165) is 31.9 Å². The van der Waals surface area contributed by atoms with Crippen molar-refractivity contribution in [2.75, 3.05) is 19.6 Å². The Morgan fingerprint density at radius 1 is 1.45 bits per heavy atom. The van der Waals surface area contributed by atoms with E-state index in [0.29, 0.717) is 19.1 Å². The number of benzene rings is 1. The van der Waals surface area contributed by atoms with Crippen molar-refractivity contribution >= 4 is 5.91 Å². The molecule has 0 aromatic heterocycles. The summed E-state index contributed by atoms with van der Waals surface area (Å²) in [6.45, 7) is 4.45. The number of carbonyl (C=O) groups is 1. The Hall–Kier alpha value is -1.62. The van der Waals surface area contributed by atoms with E-state index in [4.69, 9.17) is 0 Å². The number of piperidine rings is 1. The summed E-state index contributed by atoms with van der Waals surface area (Å²) in [4.78, 5) is 14.0. The van der Waals surface area contributed by atoms with Gasteiger partial charge in [-0.3, -0.25) is 4.79 Å². The maximum Gasteiger partial charge on any atom is 0.257 e. The molecule has 1 fully saturated rings. The van der Waals surface area contributed by atoms with Gasteiger partial charge in [-0.2, -0.15) is 0 Å². The highest BCUT2D eigenvalue weighted by molar-refractivity contribution is 5.96. The van der Waals surface area contributed by atoms with Crippen molar-refractivity contribution in [3.63, 3.8) is 0 Å². The highest BCUT2D eigenvalue weighted by Gasteiger charge is 2.24. The van der Waals surface area contributed by atoms with Gasteiger partial charge in [0.25, 0.3) is 5.91 Å². The van der Waals surface area contributed by atoms with Crippen molar-refractivity contribution in [2.45, 2.75) is 32.2 Å². The van der Waals surface area contributed by atoms with E-state index in [1.807, 2.05) is 0 Å². The lowest BCUT2D eigenvalue weighted by Gasteiger charge is -2.32. The van der Waals surface area contributed by atoms with Crippen LogP contribution in [0, 0.1) is 5.82 Å². The van der Waals surface area contributed by atoms with Crippen LogP contribution in [-0.4, -0.2) is 41.6 Å². The smallest absolute Gasteiger partial charge is 0.257 e. The van der Waals surface area contributed by atoms with Gasteiger partial charge in [0.05, 0.1) is 5.56 Å². The molecule has 1 aliphatic rings. The van der Waals surface area contributed by atoms with E-state index in [1.165, 1.54) is 12.1 Å². The third-order valence-corrected chi connectivity index (χ3v) is 3.66. The van der Waals surface area contributed by atoms with Gasteiger partial charge in [0.1, 0.15) is 11.6 Å². The first kappa shape index (κ1) is 14.8. The van der Waals surface area contributed by atoms with E-state index in [-0.39, 0.29) is 17.2 Å². The number of phenols is 1. The van der Waals surface area contributed by atoms with Crippen molar-refractivity contribution in [1.82, 2.24) is 10.2 Å². The molecule has 1 amide bonds. The molecule has 0 atom stereocenters. The predicted octanol–water partition coefficient (Wildman–Crippen LogP) is 2.14. The van der Waals surface area contributed by atoms with Crippen LogP contribution in [0.2, 0.25) is 0 Å². The number of amides is 1. The number of nitrogens with zero attached hydrogens (tertiary/aromatic N) is 1. The van der Waals surface area contributed by atoms with Crippen molar-refractivity contribution in [1.29, 1.82) is 0 Å². The molecule has 0 unspecified atom stereocenters. The molecule has 0 spiro atoms. The summed E-state index contributed by atoms with van der Waals surface area (Å²) in [6.07, 6.45) is 2.92. The minimum atomic E-state index is -0.540. The van der Waals surface area contributed by atoms with Crippen LogP contribution >= 0.6 is 0 Å². The van der Waals surface area contributed by atoms with Gasteiger partial charge in [0.2, 0.25) is 0 Å². The first-order chi connectivity index (χ1) is 9.61. The number of aromatic hydroxyl groups is 1. The van der Waals surface area contributed by atoms with Gasteiger partial charge in [-0.1, -0.05) is 6.92 Å². The fourth-order valence-corrected chi connectivity index (χ4v) is 2.49.